The van der Waals surface area contributed by atoms with Gasteiger partial charge in [-0.05, 0) is 43.5 Å². The molecule has 1 unspecified atom stereocenters. The van der Waals surface area contributed by atoms with Crippen LogP contribution in [-0.4, -0.2) is 49.6 Å². The number of guanidine groups is 1. The second kappa shape index (κ2) is 9.46. The first kappa shape index (κ1) is 20.1. The largest absolute Gasteiger partial charge is 0.497 e. The van der Waals surface area contributed by atoms with Crippen molar-refractivity contribution in [3.63, 3.8) is 0 Å². The average Bonchev–Trinajstić information content (AvgIpc) is 3.07. The van der Waals surface area contributed by atoms with E-state index in [0.29, 0.717) is 6.54 Å². The molecule has 6 heteroatoms. The summed E-state index contributed by atoms with van der Waals surface area (Å²) >= 11 is 0. The van der Waals surface area contributed by atoms with E-state index in [-0.39, 0.29) is 17.9 Å². The lowest BCUT2D eigenvalue weighted by molar-refractivity contribution is -0.133. The van der Waals surface area contributed by atoms with E-state index in [1.54, 1.807) is 7.11 Å². The molecule has 144 valence electrons. The molecular weight excluding hydrogens is 328 g/mol. The van der Waals surface area contributed by atoms with E-state index in [0.717, 1.165) is 48.9 Å². The number of aliphatic imine (C=N–C) groups is 1. The molecule has 0 bridgehead atoms. The van der Waals surface area contributed by atoms with Crippen molar-refractivity contribution < 1.29 is 9.53 Å². The first-order valence-electron chi connectivity index (χ1n) is 9.41. The zero-order valence-corrected chi connectivity index (χ0v) is 16.6. The lowest BCUT2D eigenvalue weighted by Crippen LogP contribution is -2.45. The summed E-state index contributed by atoms with van der Waals surface area (Å²) < 4.78 is 5.33. The maximum Gasteiger partial charge on any atom is 0.225 e. The monoisotopic (exact) mass is 360 g/mol. The normalized spacial score (nSPS) is 17.5. The van der Waals surface area contributed by atoms with Gasteiger partial charge in [0.15, 0.2) is 5.96 Å². The van der Waals surface area contributed by atoms with Gasteiger partial charge in [0.05, 0.1) is 13.7 Å². The second-order valence-electron chi connectivity index (χ2n) is 7.12. The Balaban J connectivity index is 1.99. The van der Waals surface area contributed by atoms with Gasteiger partial charge in [-0.2, -0.15) is 0 Å². The highest BCUT2D eigenvalue weighted by Gasteiger charge is 2.27. The molecule has 1 fully saturated rings. The third-order valence-electron chi connectivity index (χ3n) is 4.44. The number of hydrogen-bond donors (Lipinski definition) is 2. The lowest BCUT2D eigenvalue weighted by atomic mass is 10.1. The van der Waals surface area contributed by atoms with Gasteiger partial charge in [-0.15, -0.1) is 0 Å². The first-order chi connectivity index (χ1) is 12.4. The van der Waals surface area contributed by atoms with Crippen LogP contribution in [-0.2, 0) is 11.3 Å². The van der Waals surface area contributed by atoms with Crippen molar-refractivity contribution in [2.45, 2.75) is 46.7 Å². The standard InChI is InChI=1S/C20H32N4O2/c1-6-21-20(22-12-16-9-15(4)10-18(11-16)26-5)23-17-7-8-24(13-17)19(25)14(2)3/h9-11,14,17H,6-8,12-13H2,1-5H3,(H2,21,22,23). The van der Waals surface area contributed by atoms with Crippen LogP contribution in [0.3, 0.4) is 0 Å². The van der Waals surface area contributed by atoms with Crippen molar-refractivity contribution in [1.29, 1.82) is 0 Å². The number of carbonyl (C=O) groups excluding carboxylic acids is 1. The van der Waals surface area contributed by atoms with Crippen LogP contribution in [0.25, 0.3) is 0 Å². The van der Waals surface area contributed by atoms with Gasteiger partial charge >= 0.3 is 0 Å². The highest BCUT2D eigenvalue weighted by molar-refractivity contribution is 5.81. The third-order valence-corrected chi connectivity index (χ3v) is 4.44. The molecule has 1 saturated heterocycles. The van der Waals surface area contributed by atoms with Crippen molar-refractivity contribution in [1.82, 2.24) is 15.5 Å². The summed E-state index contributed by atoms with van der Waals surface area (Å²) in [6.07, 6.45) is 0.946. The number of benzene rings is 1. The number of likely N-dealkylation sites (tertiary alicyclic amines) is 1. The van der Waals surface area contributed by atoms with Gasteiger partial charge in [0.25, 0.3) is 0 Å². The molecule has 1 aliphatic heterocycles. The molecule has 1 aliphatic rings. The quantitative estimate of drug-likeness (QED) is 0.604. The Labute approximate surface area is 157 Å². The topological polar surface area (TPSA) is 66.0 Å². The van der Waals surface area contributed by atoms with E-state index in [9.17, 15) is 4.79 Å². The fourth-order valence-electron chi connectivity index (χ4n) is 3.16. The number of ether oxygens (including phenoxy) is 1. The van der Waals surface area contributed by atoms with E-state index in [1.807, 2.05) is 30.9 Å². The molecule has 0 aromatic heterocycles. The van der Waals surface area contributed by atoms with E-state index in [1.165, 1.54) is 0 Å². The molecule has 0 saturated carbocycles. The minimum absolute atomic E-state index is 0.0481. The molecule has 2 N–H and O–H groups in total. The van der Waals surface area contributed by atoms with Gasteiger partial charge in [0, 0.05) is 31.6 Å². The summed E-state index contributed by atoms with van der Waals surface area (Å²) in [5.74, 6) is 1.92. The molecule has 1 amide bonds. The molecule has 0 aliphatic carbocycles. The summed E-state index contributed by atoms with van der Waals surface area (Å²) in [6.45, 7) is 10.9. The van der Waals surface area contributed by atoms with Crippen LogP contribution in [0, 0.1) is 12.8 Å². The van der Waals surface area contributed by atoms with Crippen LogP contribution in [0.5, 0.6) is 5.75 Å². The van der Waals surface area contributed by atoms with Crippen molar-refractivity contribution in [2.24, 2.45) is 10.9 Å². The molecule has 1 aromatic carbocycles. The number of hydrogen-bond acceptors (Lipinski definition) is 3. The Bertz CT molecular complexity index is 643. The molecular formula is C20H32N4O2. The van der Waals surface area contributed by atoms with Gasteiger partial charge < -0.3 is 20.3 Å². The molecule has 0 spiro atoms. The Hall–Kier alpha value is -2.24. The van der Waals surface area contributed by atoms with Gasteiger partial charge in [-0.25, -0.2) is 4.99 Å². The minimum atomic E-state index is 0.0481. The van der Waals surface area contributed by atoms with Crippen LogP contribution in [0.15, 0.2) is 23.2 Å². The summed E-state index contributed by atoms with van der Waals surface area (Å²) in [5, 5.41) is 6.76. The fourth-order valence-corrected chi connectivity index (χ4v) is 3.16. The van der Waals surface area contributed by atoms with Crippen LogP contribution in [0.2, 0.25) is 0 Å². The number of carbonyl (C=O) groups is 1. The van der Waals surface area contributed by atoms with E-state index >= 15 is 0 Å². The van der Waals surface area contributed by atoms with E-state index < -0.39 is 0 Å². The molecule has 1 heterocycles. The lowest BCUT2D eigenvalue weighted by Gasteiger charge is -2.20. The summed E-state index contributed by atoms with van der Waals surface area (Å²) in [6, 6.07) is 6.38. The molecule has 2 rings (SSSR count). The maximum absolute atomic E-state index is 12.1. The van der Waals surface area contributed by atoms with Crippen LogP contribution in [0.1, 0.15) is 38.3 Å². The third kappa shape index (κ3) is 5.64. The molecule has 26 heavy (non-hydrogen) atoms. The van der Waals surface area contributed by atoms with Crippen molar-refractivity contribution in [3.05, 3.63) is 29.3 Å². The molecule has 0 radical (unpaired) electrons. The Morgan fingerprint density at radius 2 is 2.15 bits per heavy atom. The predicted molar refractivity (Wildman–Crippen MR) is 106 cm³/mol. The van der Waals surface area contributed by atoms with Crippen LogP contribution in [0.4, 0.5) is 0 Å². The molecule has 1 aromatic rings. The highest BCUT2D eigenvalue weighted by atomic mass is 16.5. The Morgan fingerprint density at radius 3 is 2.81 bits per heavy atom. The number of aryl methyl sites for hydroxylation is 1. The number of nitrogens with one attached hydrogen (secondary N) is 2. The minimum Gasteiger partial charge on any atom is -0.497 e. The van der Waals surface area contributed by atoms with E-state index in [2.05, 4.69) is 30.5 Å². The van der Waals surface area contributed by atoms with Gasteiger partial charge in [0.2, 0.25) is 5.91 Å². The average molecular weight is 361 g/mol. The first-order valence-corrected chi connectivity index (χ1v) is 9.41. The van der Waals surface area contributed by atoms with Crippen molar-refractivity contribution in [2.75, 3.05) is 26.7 Å². The smallest absolute Gasteiger partial charge is 0.225 e. The zero-order valence-electron chi connectivity index (χ0n) is 16.6. The molecule has 6 nitrogen and oxygen atoms in total. The second-order valence-corrected chi connectivity index (χ2v) is 7.12. The Morgan fingerprint density at radius 1 is 1.38 bits per heavy atom. The zero-order chi connectivity index (χ0) is 19.1. The fraction of sp³-hybridized carbons (Fsp3) is 0.600. The number of rotatable bonds is 6. The van der Waals surface area contributed by atoms with Crippen molar-refractivity contribution >= 4 is 11.9 Å². The van der Waals surface area contributed by atoms with Gasteiger partial charge in [0.1, 0.15) is 5.75 Å². The SMILES string of the molecule is CCNC(=NCc1cc(C)cc(OC)c1)NC1CCN(C(=O)C(C)C)C1. The highest BCUT2D eigenvalue weighted by Crippen LogP contribution is 2.17. The van der Waals surface area contributed by atoms with E-state index in [4.69, 9.17) is 9.73 Å². The Kier molecular flexibility index (Phi) is 7.30. The molecule has 1 atom stereocenters. The predicted octanol–water partition coefficient (Wildman–Crippen LogP) is 2.32. The maximum atomic E-state index is 12.1. The van der Waals surface area contributed by atoms with Crippen LogP contribution < -0.4 is 15.4 Å². The van der Waals surface area contributed by atoms with Gasteiger partial charge in [-0.3, -0.25) is 4.79 Å². The number of methoxy groups -OCH3 is 1. The summed E-state index contributed by atoms with van der Waals surface area (Å²) in [4.78, 5) is 18.8. The summed E-state index contributed by atoms with van der Waals surface area (Å²) in [5.41, 5.74) is 2.27. The van der Waals surface area contributed by atoms with Crippen LogP contribution >= 0.6 is 0 Å². The number of amides is 1. The number of nitrogens with zero attached hydrogens (tertiary/aromatic N) is 2. The van der Waals surface area contributed by atoms with Gasteiger partial charge in [-0.1, -0.05) is 19.9 Å². The van der Waals surface area contributed by atoms with Crippen molar-refractivity contribution in [3.8, 4) is 5.75 Å². The summed E-state index contributed by atoms with van der Waals surface area (Å²) in [7, 11) is 1.68.